The first-order valence-corrected chi connectivity index (χ1v) is 15.2. The van der Waals surface area contributed by atoms with Crippen LogP contribution in [0.4, 0.5) is 5.69 Å². The highest BCUT2D eigenvalue weighted by atomic mass is 32.1. The first-order chi connectivity index (χ1) is 19.0. The number of thiophene rings is 1. The summed E-state index contributed by atoms with van der Waals surface area (Å²) in [4.78, 5) is 42.7. The summed E-state index contributed by atoms with van der Waals surface area (Å²) >= 11 is 1.54. The molecule has 39 heavy (non-hydrogen) atoms. The summed E-state index contributed by atoms with van der Waals surface area (Å²) in [5.41, 5.74) is 2.74. The third kappa shape index (κ3) is 5.20. The molecule has 2 aliphatic rings. The molecule has 1 saturated heterocycles. The van der Waals surface area contributed by atoms with Crippen molar-refractivity contribution in [1.82, 2.24) is 19.8 Å². The molecule has 1 aliphatic heterocycles. The zero-order chi connectivity index (χ0) is 26.9. The SMILES string of the molecule is CCN1CCN(C(=O)c2cc3cc(N(C(=O)C4CCCCC4)C(C)c4nc5ccccc5[nH]4)ccc3s2)CC1. The second-order valence-corrected chi connectivity index (χ2v) is 12.0. The molecule has 2 amide bonds. The van der Waals surface area contributed by atoms with Crippen LogP contribution in [0.25, 0.3) is 21.1 Å². The van der Waals surface area contributed by atoms with Crippen molar-refractivity contribution in [2.24, 2.45) is 5.92 Å². The van der Waals surface area contributed by atoms with E-state index in [2.05, 4.69) is 35.9 Å². The van der Waals surface area contributed by atoms with Gasteiger partial charge in [-0.25, -0.2) is 4.98 Å². The average molecular weight is 544 g/mol. The third-order valence-electron chi connectivity index (χ3n) is 8.48. The molecule has 0 radical (unpaired) electrons. The number of nitrogens with one attached hydrogen (secondary N) is 1. The Balaban J connectivity index is 1.32. The van der Waals surface area contributed by atoms with Gasteiger partial charge in [-0.3, -0.25) is 9.59 Å². The summed E-state index contributed by atoms with van der Waals surface area (Å²) in [5, 5.41) is 1.01. The molecule has 8 heteroatoms. The number of H-pyrrole nitrogens is 1. The van der Waals surface area contributed by atoms with Crippen LogP contribution in [0.2, 0.25) is 0 Å². The number of carbonyl (C=O) groups is 2. The highest BCUT2D eigenvalue weighted by Gasteiger charge is 2.32. The van der Waals surface area contributed by atoms with E-state index < -0.39 is 0 Å². The molecule has 2 aromatic carbocycles. The van der Waals surface area contributed by atoms with E-state index in [4.69, 9.17) is 4.98 Å². The number of rotatable bonds is 6. The molecule has 4 aromatic rings. The summed E-state index contributed by atoms with van der Waals surface area (Å²) < 4.78 is 1.07. The van der Waals surface area contributed by atoms with E-state index in [1.54, 1.807) is 11.3 Å². The Hall–Kier alpha value is -3.23. The number of nitrogens with zero attached hydrogens (tertiary/aromatic N) is 4. The lowest BCUT2D eigenvalue weighted by Crippen LogP contribution is -2.48. The normalized spacial score (nSPS) is 18.1. The van der Waals surface area contributed by atoms with Crippen molar-refractivity contribution in [2.75, 3.05) is 37.6 Å². The number of piperazine rings is 1. The Morgan fingerprint density at radius 2 is 1.82 bits per heavy atom. The number of hydrogen-bond acceptors (Lipinski definition) is 5. The maximum Gasteiger partial charge on any atom is 0.264 e. The van der Waals surface area contributed by atoms with Crippen molar-refractivity contribution < 1.29 is 9.59 Å². The van der Waals surface area contributed by atoms with Crippen LogP contribution in [0.15, 0.2) is 48.5 Å². The fourth-order valence-electron chi connectivity index (χ4n) is 6.09. The topological polar surface area (TPSA) is 72.5 Å². The highest BCUT2D eigenvalue weighted by molar-refractivity contribution is 7.20. The number of imidazole rings is 1. The minimum absolute atomic E-state index is 0.0303. The lowest BCUT2D eigenvalue weighted by Gasteiger charge is -2.33. The van der Waals surface area contributed by atoms with Gasteiger partial charge in [-0.1, -0.05) is 38.3 Å². The summed E-state index contributed by atoms with van der Waals surface area (Å²) in [7, 11) is 0. The second-order valence-electron chi connectivity index (χ2n) is 10.9. The molecular formula is C31H37N5O2S. The number of para-hydroxylation sites is 2. The van der Waals surface area contributed by atoms with Crippen molar-refractivity contribution in [3.63, 3.8) is 0 Å². The van der Waals surface area contributed by atoms with Crippen LogP contribution in [0.5, 0.6) is 0 Å². The molecule has 1 N–H and O–H groups in total. The number of aromatic nitrogens is 2. The highest BCUT2D eigenvalue weighted by Crippen LogP contribution is 2.36. The van der Waals surface area contributed by atoms with Crippen molar-refractivity contribution in [3.05, 3.63) is 59.2 Å². The molecule has 1 unspecified atom stereocenters. The number of fused-ring (bicyclic) bond motifs is 2. The smallest absolute Gasteiger partial charge is 0.264 e. The van der Waals surface area contributed by atoms with Gasteiger partial charge >= 0.3 is 0 Å². The molecule has 0 spiro atoms. The Labute approximate surface area is 233 Å². The maximum atomic E-state index is 14.1. The molecule has 2 aromatic heterocycles. The zero-order valence-corrected chi connectivity index (χ0v) is 23.7. The molecule has 2 fully saturated rings. The van der Waals surface area contributed by atoms with Crippen molar-refractivity contribution >= 4 is 50.0 Å². The minimum atomic E-state index is -0.251. The number of aromatic amines is 1. The number of likely N-dealkylation sites (N-methyl/N-ethyl adjacent to an activating group) is 1. The van der Waals surface area contributed by atoms with Crippen molar-refractivity contribution in [1.29, 1.82) is 0 Å². The first-order valence-electron chi connectivity index (χ1n) is 14.3. The maximum absolute atomic E-state index is 14.1. The Bertz CT molecular complexity index is 1450. The van der Waals surface area contributed by atoms with E-state index in [1.165, 1.54) is 6.42 Å². The van der Waals surface area contributed by atoms with Gasteiger partial charge in [-0.05, 0) is 68.1 Å². The van der Waals surface area contributed by atoms with Gasteiger partial charge in [-0.15, -0.1) is 11.3 Å². The van der Waals surface area contributed by atoms with Gasteiger partial charge in [0.1, 0.15) is 5.82 Å². The molecule has 204 valence electrons. The summed E-state index contributed by atoms with van der Waals surface area (Å²) in [6.07, 6.45) is 5.28. The van der Waals surface area contributed by atoms with Crippen LogP contribution in [0.1, 0.15) is 67.5 Å². The first kappa shape index (κ1) is 26.0. The number of amides is 2. The Morgan fingerprint density at radius 1 is 1.05 bits per heavy atom. The van der Waals surface area contributed by atoms with E-state index in [1.807, 2.05) is 46.2 Å². The van der Waals surface area contributed by atoms with Crippen LogP contribution in [0, 0.1) is 5.92 Å². The molecule has 7 nitrogen and oxygen atoms in total. The molecule has 0 bridgehead atoms. The van der Waals surface area contributed by atoms with Crippen molar-refractivity contribution in [2.45, 2.75) is 52.0 Å². The van der Waals surface area contributed by atoms with Crippen molar-refractivity contribution in [3.8, 4) is 0 Å². The monoisotopic (exact) mass is 543 g/mol. The minimum Gasteiger partial charge on any atom is -0.340 e. The molecule has 1 saturated carbocycles. The summed E-state index contributed by atoms with van der Waals surface area (Å²) in [5.74, 6) is 1.09. The molecule has 6 rings (SSSR count). The third-order valence-corrected chi connectivity index (χ3v) is 9.58. The molecule has 3 heterocycles. The fraction of sp³-hybridized carbons (Fsp3) is 0.452. The fourth-order valence-corrected chi connectivity index (χ4v) is 7.10. The predicted octanol–water partition coefficient (Wildman–Crippen LogP) is 6.23. The van der Waals surface area contributed by atoms with Gasteiger partial charge in [0, 0.05) is 42.5 Å². The molecular weight excluding hydrogens is 506 g/mol. The van der Waals surface area contributed by atoms with Gasteiger partial charge in [0.15, 0.2) is 0 Å². The van der Waals surface area contributed by atoms with Crippen LogP contribution in [0.3, 0.4) is 0 Å². The quantitative estimate of drug-likeness (QED) is 0.313. The summed E-state index contributed by atoms with van der Waals surface area (Å²) in [6.45, 7) is 8.63. The van der Waals surface area contributed by atoms with Gasteiger partial charge in [-0.2, -0.15) is 0 Å². The average Bonchev–Trinajstić information content (AvgIpc) is 3.62. The van der Waals surface area contributed by atoms with Gasteiger partial charge < -0.3 is 19.7 Å². The van der Waals surface area contributed by atoms with Gasteiger partial charge in [0.05, 0.1) is 22.0 Å². The van der Waals surface area contributed by atoms with Crippen LogP contribution in [-0.2, 0) is 4.79 Å². The van der Waals surface area contributed by atoms with E-state index in [-0.39, 0.29) is 23.8 Å². The van der Waals surface area contributed by atoms with Crippen LogP contribution >= 0.6 is 11.3 Å². The van der Waals surface area contributed by atoms with E-state index in [9.17, 15) is 9.59 Å². The summed E-state index contributed by atoms with van der Waals surface area (Å²) in [6, 6.07) is 15.9. The molecule has 1 aliphatic carbocycles. The second kappa shape index (κ2) is 11.1. The standard InChI is InChI=1S/C31H37N5O2S/c1-3-34-15-17-35(18-16-34)31(38)28-20-23-19-24(13-14-27(23)39-28)36(30(37)22-9-5-4-6-10-22)21(2)29-32-25-11-7-8-12-26(25)33-29/h7-8,11-14,19-22H,3-6,9-10,15-18H2,1-2H3,(H,32,33). The lowest BCUT2D eigenvalue weighted by atomic mass is 9.87. The van der Waals surface area contributed by atoms with Crippen LogP contribution < -0.4 is 4.90 Å². The van der Waals surface area contributed by atoms with Crippen LogP contribution in [-0.4, -0.2) is 64.3 Å². The zero-order valence-electron chi connectivity index (χ0n) is 22.9. The van der Waals surface area contributed by atoms with Gasteiger partial charge in [0.2, 0.25) is 5.91 Å². The van der Waals surface area contributed by atoms with E-state index >= 15 is 0 Å². The van der Waals surface area contributed by atoms with E-state index in [0.717, 1.165) is 95.9 Å². The largest absolute Gasteiger partial charge is 0.340 e. The predicted molar refractivity (Wildman–Crippen MR) is 158 cm³/mol. The molecule has 1 atom stereocenters. The lowest BCUT2D eigenvalue weighted by molar-refractivity contribution is -0.123. The van der Waals surface area contributed by atoms with Gasteiger partial charge in [0.25, 0.3) is 5.91 Å². The van der Waals surface area contributed by atoms with E-state index in [0.29, 0.717) is 0 Å². The Kier molecular flexibility index (Phi) is 7.40. The Morgan fingerprint density at radius 3 is 2.56 bits per heavy atom. The number of hydrogen-bond donors (Lipinski definition) is 1. The number of carbonyl (C=O) groups excluding carboxylic acids is 2. The number of benzene rings is 2. The number of anilines is 1.